The molecule has 0 saturated carbocycles. The molecule has 0 rings (SSSR count). The van der Waals surface area contributed by atoms with E-state index in [1.54, 1.807) is 12.4 Å². The molecule has 0 spiro atoms. The number of allylic oxidation sites excluding steroid dienone is 2. The van der Waals surface area contributed by atoms with Crippen LogP contribution in [-0.4, -0.2) is 19.8 Å². The maximum Gasteiger partial charge on any atom is 0.0264 e. The first-order chi connectivity index (χ1) is 4.91. The molecule has 0 aromatic rings. The second-order valence-corrected chi connectivity index (χ2v) is 1.77. The van der Waals surface area contributed by atoms with Crippen molar-refractivity contribution in [3.63, 3.8) is 0 Å². The lowest BCUT2D eigenvalue weighted by atomic mass is 10.5. The van der Waals surface area contributed by atoms with Crippen LogP contribution in [0.4, 0.5) is 0 Å². The van der Waals surface area contributed by atoms with Crippen LogP contribution in [0.15, 0.2) is 29.4 Å². The van der Waals surface area contributed by atoms with Crippen LogP contribution in [0.3, 0.4) is 0 Å². The van der Waals surface area contributed by atoms with Gasteiger partial charge in [0.25, 0.3) is 0 Å². The van der Waals surface area contributed by atoms with E-state index in [0.717, 1.165) is 6.54 Å². The van der Waals surface area contributed by atoms with E-state index in [9.17, 15) is 0 Å². The minimum absolute atomic E-state index is 0.891. The van der Waals surface area contributed by atoms with Crippen molar-refractivity contribution in [1.82, 2.24) is 5.32 Å². The Kier molecular flexibility index (Phi) is 7.39. The molecule has 56 valence electrons. The van der Waals surface area contributed by atoms with Crippen molar-refractivity contribution in [1.29, 1.82) is 0 Å². The van der Waals surface area contributed by atoms with Gasteiger partial charge in [-0.3, -0.25) is 4.99 Å². The lowest BCUT2D eigenvalue weighted by Crippen LogP contribution is -2.03. The zero-order valence-corrected chi connectivity index (χ0v) is 6.54. The average molecular weight is 138 g/mol. The van der Waals surface area contributed by atoms with Gasteiger partial charge in [-0.2, -0.15) is 0 Å². The highest BCUT2D eigenvalue weighted by Crippen LogP contribution is 1.71. The predicted molar refractivity (Wildman–Crippen MR) is 46.4 cm³/mol. The molecule has 0 bridgehead atoms. The van der Waals surface area contributed by atoms with Gasteiger partial charge >= 0.3 is 0 Å². The highest BCUT2D eigenvalue weighted by Gasteiger charge is 1.65. The summed E-state index contributed by atoms with van der Waals surface area (Å²) in [6.45, 7) is 2.83. The SMILES string of the molecule is C\C=C/N=C\C=C\CNC. The smallest absolute Gasteiger partial charge is 0.0264 e. The molecule has 0 aliphatic heterocycles. The Morgan fingerprint density at radius 1 is 1.50 bits per heavy atom. The van der Waals surface area contributed by atoms with Crippen LogP contribution < -0.4 is 5.32 Å². The summed E-state index contributed by atoms with van der Waals surface area (Å²) in [5.74, 6) is 0. The average Bonchev–Trinajstić information content (AvgIpc) is 1.97. The van der Waals surface area contributed by atoms with Crippen LogP contribution in [0.1, 0.15) is 6.92 Å². The fraction of sp³-hybridized carbons (Fsp3) is 0.375. The van der Waals surface area contributed by atoms with Gasteiger partial charge < -0.3 is 5.32 Å². The summed E-state index contributed by atoms with van der Waals surface area (Å²) in [7, 11) is 1.91. The van der Waals surface area contributed by atoms with Crippen LogP contribution in [0, 0.1) is 0 Å². The normalized spacial score (nSPS) is 12.6. The molecule has 0 atom stereocenters. The molecule has 0 aromatic heterocycles. The number of likely N-dealkylation sites (N-methyl/N-ethyl adjacent to an activating group) is 1. The van der Waals surface area contributed by atoms with Crippen molar-refractivity contribution in [2.24, 2.45) is 4.99 Å². The van der Waals surface area contributed by atoms with E-state index < -0.39 is 0 Å². The summed E-state index contributed by atoms with van der Waals surface area (Å²) in [4.78, 5) is 3.94. The van der Waals surface area contributed by atoms with E-state index in [0.29, 0.717) is 0 Å². The van der Waals surface area contributed by atoms with Crippen molar-refractivity contribution in [2.45, 2.75) is 6.92 Å². The summed E-state index contributed by atoms with van der Waals surface area (Å²) in [5, 5.41) is 2.99. The summed E-state index contributed by atoms with van der Waals surface area (Å²) in [6.07, 6.45) is 9.33. The Hall–Kier alpha value is -0.890. The molecular formula is C8H14N2. The lowest BCUT2D eigenvalue weighted by Gasteiger charge is -1.83. The highest BCUT2D eigenvalue weighted by molar-refractivity contribution is 5.71. The third-order valence-corrected chi connectivity index (χ3v) is 0.865. The Morgan fingerprint density at radius 2 is 2.30 bits per heavy atom. The number of hydrogen-bond donors (Lipinski definition) is 1. The first kappa shape index (κ1) is 9.11. The van der Waals surface area contributed by atoms with Crippen molar-refractivity contribution in [3.05, 3.63) is 24.4 Å². The van der Waals surface area contributed by atoms with E-state index in [1.165, 1.54) is 0 Å². The summed E-state index contributed by atoms with van der Waals surface area (Å²) in [6, 6.07) is 0. The van der Waals surface area contributed by atoms with Gasteiger partial charge in [-0.15, -0.1) is 0 Å². The fourth-order valence-corrected chi connectivity index (χ4v) is 0.432. The third-order valence-electron chi connectivity index (χ3n) is 0.865. The standard InChI is InChI=1S/C8H14N2/c1-3-6-10-8-5-4-7-9-2/h3-6,8-9H,7H2,1-2H3/b5-4+,6-3-,10-8-. The molecule has 0 saturated heterocycles. The van der Waals surface area contributed by atoms with Crippen molar-refractivity contribution < 1.29 is 0 Å². The molecule has 0 unspecified atom stereocenters. The maximum absolute atomic E-state index is 3.94. The van der Waals surface area contributed by atoms with Crippen LogP contribution in [-0.2, 0) is 0 Å². The molecule has 0 aromatic carbocycles. The van der Waals surface area contributed by atoms with E-state index in [-0.39, 0.29) is 0 Å². The molecule has 10 heavy (non-hydrogen) atoms. The van der Waals surface area contributed by atoms with Crippen molar-refractivity contribution in [3.8, 4) is 0 Å². The fourth-order valence-electron chi connectivity index (χ4n) is 0.432. The number of hydrogen-bond acceptors (Lipinski definition) is 2. The topological polar surface area (TPSA) is 24.4 Å². The van der Waals surface area contributed by atoms with E-state index >= 15 is 0 Å². The molecule has 1 N–H and O–H groups in total. The number of aliphatic imine (C=N–C) groups is 1. The molecule has 0 amide bonds. The molecule has 0 aliphatic carbocycles. The number of nitrogens with zero attached hydrogens (tertiary/aromatic N) is 1. The second kappa shape index (κ2) is 8.11. The van der Waals surface area contributed by atoms with Gasteiger partial charge in [0, 0.05) is 19.0 Å². The van der Waals surface area contributed by atoms with E-state index in [2.05, 4.69) is 10.3 Å². The van der Waals surface area contributed by atoms with Gasteiger partial charge in [0.05, 0.1) is 0 Å². The van der Waals surface area contributed by atoms with Gasteiger partial charge in [0.2, 0.25) is 0 Å². The van der Waals surface area contributed by atoms with Gasteiger partial charge in [-0.05, 0) is 20.0 Å². The van der Waals surface area contributed by atoms with Crippen molar-refractivity contribution in [2.75, 3.05) is 13.6 Å². The zero-order chi connectivity index (χ0) is 7.66. The molecule has 2 heteroatoms. The Morgan fingerprint density at radius 3 is 2.90 bits per heavy atom. The van der Waals surface area contributed by atoms with Crippen LogP contribution >= 0.6 is 0 Å². The summed E-state index contributed by atoms with van der Waals surface area (Å²) < 4.78 is 0. The molecule has 0 heterocycles. The molecule has 0 fully saturated rings. The Labute approximate surface area is 62.4 Å². The Bertz CT molecular complexity index is 134. The van der Waals surface area contributed by atoms with Crippen LogP contribution in [0.25, 0.3) is 0 Å². The quantitative estimate of drug-likeness (QED) is 0.583. The van der Waals surface area contributed by atoms with Crippen LogP contribution in [0.2, 0.25) is 0 Å². The summed E-state index contributed by atoms with van der Waals surface area (Å²) >= 11 is 0. The number of rotatable bonds is 4. The largest absolute Gasteiger partial charge is 0.316 e. The lowest BCUT2D eigenvalue weighted by molar-refractivity contribution is 0.920. The molecular weight excluding hydrogens is 124 g/mol. The third kappa shape index (κ3) is 7.11. The van der Waals surface area contributed by atoms with Gasteiger partial charge in [-0.25, -0.2) is 0 Å². The van der Waals surface area contributed by atoms with Gasteiger partial charge in [0.15, 0.2) is 0 Å². The van der Waals surface area contributed by atoms with Gasteiger partial charge in [0.1, 0.15) is 0 Å². The minimum Gasteiger partial charge on any atom is -0.316 e. The van der Waals surface area contributed by atoms with Crippen LogP contribution in [0.5, 0.6) is 0 Å². The minimum atomic E-state index is 0.891. The highest BCUT2D eigenvalue weighted by atomic mass is 14.8. The second-order valence-electron chi connectivity index (χ2n) is 1.77. The first-order valence-electron chi connectivity index (χ1n) is 3.36. The van der Waals surface area contributed by atoms with E-state index in [4.69, 9.17) is 0 Å². The van der Waals surface area contributed by atoms with Gasteiger partial charge in [-0.1, -0.05) is 12.2 Å². The molecule has 0 aliphatic rings. The molecule has 2 nitrogen and oxygen atoms in total. The van der Waals surface area contributed by atoms with E-state index in [1.807, 2.05) is 32.2 Å². The zero-order valence-electron chi connectivity index (χ0n) is 6.54. The number of nitrogens with one attached hydrogen (secondary N) is 1. The summed E-state index contributed by atoms with van der Waals surface area (Å²) in [5.41, 5.74) is 0. The monoisotopic (exact) mass is 138 g/mol. The first-order valence-corrected chi connectivity index (χ1v) is 3.36. The predicted octanol–water partition coefficient (Wildman–Crippen LogP) is 1.37. The molecule has 0 radical (unpaired) electrons. The Balaban J connectivity index is 3.32. The maximum atomic E-state index is 3.94. The van der Waals surface area contributed by atoms with Crippen molar-refractivity contribution >= 4 is 6.21 Å².